The van der Waals surface area contributed by atoms with E-state index in [4.69, 9.17) is 0 Å². The van der Waals surface area contributed by atoms with Crippen LogP contribution in [-0.4, -0.2) is 60.2 Å². The van der Waals surface area contributed by atoms with Crippen LogP contribution in [0, 0.1) is 11.8 Å². The van der Waals surface area contributed by atoms with E-state index in [2.05, 4.69) is 55.7 Å². The van der Waals surface area contributed by atoms with Crippen LogP contribution in [0.15, 0.2) is 24.8 Å². The molecule has 2 aromatic heterocycles. The Morgan fingerprint density at radius 2 is 1.38 bits per heavy atom. The molecule has 2 unspecified atom stereocenters. The van der Waals surface area contributed by atoms with E-state index in [0.29, 0.717) is 17.8 Å². The zero-order valence-electron chi connectivity index (χ0n) is 16.0. The maximum atomic E-state index is 4.51. The number of anilines is 3. The number of rotatable bonds is 4. The van der Waals surface area contributed by atoms with Gasteiger partial charge in [0.25, 0.3) is 0 Å². The van der Waals surface area contributed by atoms with E-state index in [1.54, 1.807) is 12.7 Å². The molecular formula is C19H27N7. The van der Waals surface area contributed by atoms with Crippen molar-refractivity contribution in [3.05, 3.63) is 30.5 Å². The molecule has 2 aliphatic heterocycles. The molecule has 26 heavy (non-hydrogen) atoms. The molecule has 2 fully saturated rings. The third-order valence-electron chi connectivity index (χ3n) is 5.50. The zero-order chi connectivity index (χ0) is 18.3. The van der Waals surface area contributed by atoms with Crippen molar-refractivity contribution in [3.8, 4) is 0 Å². The normalized spacial score (nSPS) is 22.2. The Labute approximate surface area is 155 Å². The second kappa shape index (κ2) is 6.70. The Kier molecular flexibility index (Phi) is 4.38. The highest BCUT2D eigenvalue weighted by molar-refractivity contribution is 5.51. The molecule has 2 aromatic rings. The summed E-state index contributed by atoms with van der Waals surface area (Å²) in [5.41, 5.74) is 1.12. The van der Waals surface area contributed by atoms with Crippen LogP contribution < -0.4 is 14.7 Å². The predicted octanol–water partition coefficient (Wildman–Crippen LogP) is 2.03. The quantitative estimate of drug-likeness (QED) is 0.833. The van der Waals surface area contributed by atoms with Gasteiger partial charge in [0.05, 0.1) is 0 Å². The lowest BCUT2D eigenvalue weighted by atomic mass is 10.0. The molecule has 2 aliphatic rings. The van der Waals surface area contributed by atoms with Crippen LogP contribution in [0.1, 0.15) is 25.5 Å². The summed E-state index contributed by atoms with van der Waals surface area (Å²) in [6.07, 6.45) is 3.37. The van der Waals surface area contributed by atoms with Gasteiger partial charge in [0, 0.05) is 69.9 Å². The highest BCUT2D eigenvalue weighted by Gasteiger charge is 2.41. The van der Waals surface area contributed by atoms with E-state index in [0.717, 1.165) is 49.3 Å². The molecule has 7 heteroatoms. The van der Waals surface area contributed by atoms with Gasteiger partial charge < -0.3 is 14.7 Å². The minimum atomic E-state index is 0.429. The van der Waals surface area contributed by atoms with E-state index in [1.807, 2.05) is 19.0 Å². The lowest BCUT2D eigenvalue weighted by Crippen LogP contribution is -2.30. The molecule has 0 bridgehead atoms. The molecule has 0 radical (unpaired) electrons. The van der Waals surface area contributed by atoms with Gasteiger partial charge in [-0.2, -0.15) is 0 Å². The van der Waals surface area contributed by atoms with Crippen LogP contribution in [0.5, 0.6) is 0 Å². The number of nitrogens with zero attached hydrogens (tertiary/aromatic N) is 7. The molecule has 4 rings (SSSR count). The van der Waals surface area contributed by atoms with Gasteiger partial charge in [-0.3, -0.25) is 0 Å². The lowest BCUT2D eigenvalue weighted by molar-refractivity contribution is 0.533. The molecule has 2 saturated heterocycles. The molecule has 0 aliphatic carbocycles. The molecule has 0 saturated carbocycles. The Hall–Kier alpha value is -2.44. The van der Waals surface area contributed by atoms with Gasteiger partial charge in [0.15, 0.2) is 0 Å². The topological polar surface area (TPSA) is 61.3 Å². The average molecular weight is 353 g/mol. The van der Waals surface area contributed by atoms with Crippen molar-refractivity contribution in [3.63, 3.8) is 0 Å². The Morgan fingerprint density at radius 3 is 1.92 bits per heavy atom. The summed E-state index contributed by atoms with van der Waals surface area (Å²) in [5, 5.41) is 0. The average Bonchev–Trinajstić information content (AvgIpc) is 3.21. The summed E-state index contributed by atoms with van der Waals surface area (Å²) in [4.78, 5) is 24.6. The fourth-order valence-corrected chi connectivity index (χ4v) is 3.97. The Balaban J connectivity index is 1.44. The minimum Gasteiger partial charge on any atom is -0.363 e. The predicted molar refractivity (Wildman–Crippen MR) is 104 cm³/mol. The summed E-state index contributed by atoms with van der Waals surface area (Å²) in [6.45, 7) is 8.56. The standard InChI is InChI=1S/C19H27N7/c1-13(2)16-5-18(22-11-20-16)25-7-14-9-26(10-15(14)8-25)19-6-17(24(3)4)21-12-23-19/h5-6,11-15H,7-10H2,1-4H3. The second-order valence-electron chi connectivity index (χ2n) is 7.91. The summed E-state index contributed by atoms with van der Waals surface area (Å²) >= 11 is 0. The molecule has 138 valence electrons. The van der Waals surface area contributed by atoms with Crippen LogP contribution in [0.25, 0.3) is 0 Å². The molecule has 0 amide bonds. The van der Waals surface area contributed by atoms with Crippen LogP contribution in [0.2, 0.25) is 0 Å². The van der Waals surface area contributed by atoms with Crippen LogP contribution in [0.3, 0.4) is 0 Å². The van der Waals surface area contributed by atoms with E-state index in [-0.39, 0.29) is 0 Å². The summed E-state index contributed by atoms with van der Waals surface area (Å²) < 4.78 is 0. The fourth-order valence-electron chi connectivity index (χ4n) is 3.97. The Morgan fingerprint density at radius 1 is 0.846 bits per heavy atom. The van der Waals surface area contributed by atoms with Gasteiger partial charge in [-0.05, 0) is 5.92 Å². The molecule has 2 atom stereocenters. The lowest BCUT2D eigenvalue weighted by Gasteiger charge is -2.24. The summed E-state index contributed by atoms with van der Waals surface area (Å²) in [6, 6.07) is 4.23. The van der Waals surface area contributed by atoms with Crippen LogP contribution >= 0.6 is 0 Å². The van der Waals surface area contributed by atoms with Crippen LogP contribution in [0.4, 0.5) is 17.5 Å². The number of hydrogen-bond acceptors (Lipinski definition) is 7. The second-order valence-corrected chi connectivity index (χ2v) is 7.91. The monoisotopic (exact) mass is 353 g/mol. The molecule has 4 heterocycles. The van der Waals surface area contributed by atoms with Gasteiger partial charge in [0.1, 0.15) is 30.1 Å². The molecule has 0 spiro atoms. The van der Waals surface area contributed by atoms with E-state index >= 15 is 0 Å². The van der Waals surface area contributed by atoms with Crippen molar-refractivity contribution in [1.82, 2.24) is 19.9 Å². The van der Waals surface area contributed by atoms with Gasteiger partial charge in [-0.15, -0.1) is 0 Å². The minimum absolute atomic E-state index is 0.429. The summed E-state index contributed by atoms with van der Waals surface area (Å²) in [7, 11) is 4.02. The van der Waals surface area contributed by atoms with Crippen molar-refractivity contribution in [2.45, 2.75) is 19.8 Å². The first-order valence-electron chi connectivity index (χ1n) is 9.32. The smallest absolute Gasteiger partial charge is 0.134 e. The first-order valence-corrected chi connectivity index (χ1v) is 9.32. The SMILES string of the molecule is CC(C)c1cc(N2CC3CN(c4cc(N(C)C)ncn4)CC3C2)ncn1. The maximum Gasteiger partial charge on any atom is 0.134 e. The third kappa shape index (κ3) is 3.18. The Bertz CT molecular complexity index is 698. The summed E-state index contributed by atoms with van der Waals surface area (Å²) in [5.74, 6) is 4.81. The van der Waals surface area contributed by atoms with Gasteiger partial charge >= 0.3 is 0 Å². The first kappa shape index (κ1) is 17.0. The van der Waals surface area contributed by atoms with Crippen LogP contribution in [-0.2, 0) is 0 Å². The first-order chi connectivity index (χ1) is 12.5. The van der Waals surface area contributed by atoms with Gasteiger partial charge in [-0.1, -0.05) is 13.8 Å². The van der Waals surface area contributed by atoms with Crippen molar-refractivity contribution in [2.75, 3.05) is 55.0 Å². The number of hydrogen-bond donors (Lipinski definition) is 0. The zero-order valence-corrected chi connectivity index (χ0v) is 16.0. The molecular weight excluding hydrogens is 326 g/mol. The third-order valence-corrected chi connectivity index (χ3v) is 5.50. The number of fused-ring (bicyclic) bond motifs is 1. The van der Waals surface area contributed by atoms with Gasteiger partial charge in [-0.25, -0.2) is 19.9 Å². The number of aromatic nitrogens is 4. The van der Waals surface area contributed by atoms with Crippen molar-refractivity contribution in [1.29, 1.82) is 0 Å². The molecule has 7 nitrogen and oxygen atoms in total. The maximum absolute atomic E-state index is 4.51. The van der Waals surface area contributed by atoms with E-state index < -0.39 is 0 Å². The fraction of sp³-hybridized carbons (Fsp3) is 0.579. The van der Waals surface area contributed by atoms with E-state index in [1.165, 1.54) is 0 Å². The van der Waals surface area contributed by atoms with E-state index in [9.17, 15) is 0 Å². The van der Waals surface area contributed by atoms with Crippen molar-refractivity contribution >= 4 is 17.5 Å². The van der Waals surface area contributed by atoms with Gasteiger partial charge in [0.2, 0.25) is 0 Å². The highest BCUT2D eigenvalue weighted by Crippen LogP contribution is 2.35. The van der Waals surface area contributed by atoms with Crippen molar-refractivity contribution < 1.29 is 0 Å². The largest absolute Gasteiger partial charge is 0.363 e. The van der Waals surface area contributed by atoms with Crippen molar-refractivity contribution in [2.24, 2.45) is 11.8 Å². The molecule has 0 N–H and O–H groups in total. The highest BCUT2D eigenvalue weighted by atomic mass is 15.3. The molecule has 0 aromatic carbocycles.